The molecule has 1 fully saturated rings. The van der Waals surface area contributed by atoms with Crippen molar-refractivity contribution in [2.45, 2.75) is 37.2 Å². The summed E-state index contributed by atoms with van der Waals surface area (Å²) in [6.07, 6.45) is 0.906. The van der Waals surface area contributed by atoms with Gasteiger partial charge in [0.15, 0.2) is 11.0 Å². The molecule has 1 aliphatic heterocycles. The Morgan fingerprint density at radius 1 is 1.35 bits per heavy atom. The average Bonchev–Trinajstić information content (AvgIpc) is 3.22. The minimum atomic E-state index is -0.434. The maximum absolute atomic E-state index is 12.5. The fourth-order valence-electron chi connectivity index (χ4n) is 2.72. The van der Waals surface area contributed by atoms with Crippen molar-refractivity contribution in [3.05, 3.63) is 29.3 Å². The van der Waals surface area contributed by atoms with Crippen molar-refractivity contribution in [3.8, 4) is 11.4 Å². The normalized spacial score (nSPS) is 15.2. The smallest absolute Gasteiger partial charge is 0.324 e. The second kappa shape index (κ2) is 8.09. The van der Waals surface area contributed by atoms with Gasteiger partial charge in [0.2, 0.25) is 5.91 Å². The van der Waals surface area contributed by atoms with Gasteiger partial charge in [-0.3, -0.25) is 9.69 Å². The van der Waals surface area contributed by atoms with E-state index in [9.17, 15) is 9.59 Å². The highest BCUT2D eigenvalue weighted by molar-refractivity contribution is 8.00. The molecule has 1 aliphatic rings. The van der Waals surface area contributed by atoms with Gasteiger partial charge in [0.25, 0.3) is 0 Å². The van der Waals surface area contributed by atoms with Crippen LogP contribution in [0, 0.1) is 0 Å². The third-order valence-corrected chi connectivity index (χ3v) is 5.34. The van der Waals surface area contributed by atoms with Gasteiger partial charge in [-0.05, 0) is 37.6 Å². The van der Waals surface area contributed by atoms with Crippen molar-refractivity contribution in [2.75, 3.05) is 13.1 Å². The van der Waals surface area contributed by atoms with E-state index in [0.29, 0.717) is 23.3 Å². The number of urea groups is 1. The Hall–Kier alpha value is -2.06. The standard InChI is InChI=1S/C17H20ClN5O2S/c1-3-9-22-14(12-4-6-13(18)7-5-12)20-21-17(22)26-11(2)15(24)23-10-8-19-16(23)25/h4-7,11H,3,8-10H2,1-2H3,(H,19,25)/t11-/m0/s1. The van der Waals surface area contributed by atoms with Gasteiger partial charge in [-0.15, -0.1) is 10.2 Å². The molecule has 0 aliphatic carbocycles. The Morgan fingerprint density at radius 2 is 2.08 bits per heavy atom. The summed E-state index contributed by atoms with van der Waals surface area (Å²) in [5.74, 6) is 0.522. The highest BCUT2D eigenvalue weighted by Gasteiger charge is 2.31. The summed E-state index contributed by atoms with van der Waals surface area (Å²) in [7, 11) is 0. The first kappa shape index (κ1) is 18.7. The second-order valence-corrected chi connectivity index (χ2v) is 7.69. The van der Waals surface area contributed by atoms with Crippen molar-refractivity contribution >= 4 is 35.3 Å². The van der Waals surface area contributed by atoms with Crippen molar-refractivity contribution in [2.24, 2.45) is 0 Å². The van der Waals surface area contributed by atoms with Crippen molar-refractivity contribution in [1.29, 1.82) is 0 Å². The molecule has 2 heterocycles. The topological polar surface area (TPSA) is 80.1 Å². The Labute approximate surface area is 161 Å². The molecule has 26 heavy (non-hydrogen) atoms. The third-order valence-electron chi connectivity index (χ3n) is 4.02. The number of imide groups is 1. The summed E-state index contributed by atoms with van der Waals surface area (Å²) in [5.41, 5.74) is 0.917. The number of carbonyl (C=O) groups is 2. The zero-order valence-electron chi connectivity index (χ0n) is 14.6. The molecule has 7 nitrogen and oxygen atoms in total. The average molecular weight is 394 g/mol. The Balaban J connectivity index is 1.82. The number of halogens is 1. The monoisotopic (exact) mass is 393 g/mol. The molecule has 1 aromatic heterocycles. The molecule has 138 valence electrons. The lowest BCUT2D eigenvalue weighted by Gasteiger charge is -2.17. The predicted octanol–water partition coefficient (Wildman–Crippen LogP) is 3.04. The largest absolute Gasteiger partial charge is 0.336 e. The first-order valence-corrected chi connectivity index (χ1v) is 9.72. The number of hydrogen-bond donors (Lipinski definition) is 1. The number of benzene rings is 1. The maximum atomic E-state index is 12.5. The van der Waals surface area contributed by atoms with E-state index >= 15 is 0 Å². The van der Waals surface area contributed by atoms with Crippen LogP contribution in [0.15, 0.2) is 29.4 Å². The number of carbonyl (C=O) groups excluding carboxylic acids is 2. The van der Waals surface area contributed by atoms with E-state index in [1.165, 1.54) is 16.7 Å². The van der Waals surface area contributed by atoms with Gasteiger partial charge in [0.1, 0.15) is 0 Å². The molecular formula is C17H20ClN5O2S. The summed E-state index contributed by atoms with van der Waals surface area (Å²) >= 11 is 7.28. The van der Waals surface area contributed by atoms with Gasteiger partial charge < -0.3 is 9.88 Å². The van der Waals surface area contributed by atoms with Crippen LogP contribution in [0.3, 0.4) is 0 Å². The fraction of sp³-hybridized carbons (Fsp3) is 0.412. The number of nitrogens with one attached hydrogen (secondary N) is 1. The molecule has 1 saturated heterocycles. The molecule has 1 atom stereocenters. The van der Waals surface area contributed by atoms with E-state index in [2.05, 4.69) is 22.4 Å². The lowest BCUT2D eigenvalue weighted by Crippen LogP contribution is -2.39. The summed E-state index contributed by atoms with van der Waals surface area (Å²) in [5, 5.41) is 12.1. The lowest BCUT2D eigenvalue weighted by molar-refractivity contribution is -0.126. The number of amides is 3. The maximum Gasteiger partial charge on any atom is 0.324 e. The van der Waals surface area contributed by atoms with E-state index in [-0.39, 0.29) is 11.9 Å². The van der Waals surface area contributed by atoms with E-state index in [4.69, 9.17) is 11.6 Å². The van der Waals surface area contributed by atoms with Crippen LogP contribution < -0.4 is 5.32 Å². The second-order valence-electron chi connectivity index (χ2n) is 5.95. The van der Waals surface area contributed by atoms with Gasteiger partial charge in [-0.1, -0.05) is 30.3 Å². The first-order chi connectivity index (χ1) is 12.5. The third kappa shape index (κ3) is 3.86. The van der Waals surface area contributed by atoms with Crippen LogP contribution in [0.1, 0.15) is 20.3 Å². The van der Waals surface area contributed by atoms with E-state index < -0.39 is 5.25 Å². The van der Waals surface area contributed by atoms with Crippen LogP contribution >= 0.6 is 23.4 Å². The molecule has 0 bridgehead atoms. The Kier molecular flexibility index (Phi) is 5.83. The number of rotatable bonds is 6. The van der Waals surface area contributed by atoms with Gasteiger partial charge in [-0.25, -0.2) is 4.79 Å². The zero-order valence-corrected chi connectivity index (χ0v) is 16.2. The molecule has 1 aromatic carbocycles. The molecule has 3 amide bonds. The van der Waals surface area contributed by atoms with Crippen molar-refractivity contribution < 1.29 is 9.59 Å². The number of nitrogens with zero attached hydrogens (tertiary/aromatic N) is 4. The van der Waals surface area contributed by atoms with E-state index in [1.54, 1.807) is 6.92 Å². The zero-order chi connectivity index (χ0) is 18.7. The highest BCUT2D eigenvalue weighted by atomic mass is 35.5. The predicted molar refractivity (Wildman–Crippen MR) is 101 cm³/mol. The van der Waals surface area contributed by atoms with Crippen LogP contribution in [0.4, 0.5) is 4.79 Å². The number of aromatic nitrogens is 3. The quantitative estimate of drug-likeness (QED) is 0.763. The molecule has 2 aromatic rings. The van der Waals surface area contributed by atoms with Crippen LogP contribution in [0.25, 0.3) is 11.4 Å². The summed E-state index contributed by atoms with van der Waals surface area (Å²) in [6.45, 7) is 5.49. The Bertz CT molecular complexity index is 808. The van der Waals surface area contributed by atoms with Gasteiger partial charge in [0.05, 0.1) is 5.25 Å². The van der Waals surface area contributed by atoms with Crippen LogP contribution in [0.2, 0.25) is 5.02 Å². The van der Waals surface area contributed by atoms with Crippen molar-refractivity contribution in [3.63, 3.8) is 0 Å². The first-order valence-electron chi connectivity index (χ1n) is 8.46. The molecule has 1 N–H and O–H groups in total. The summed E-state index contributed by atoms with van der Waals surface area (Å²) < 4.78 is 2.00. The molecule has 9 heteroatoms. The van der Waals surface area contributed by atoms with Crippen LogP contribution in [-0.4, -0.2) is 49.9 Å². The van der Waals surface area contributed by atoms with Crippen LogP contribution in [0.5, 0.6) is 0 Å². The summed E-state index contributed by atoms with van der Waals surface area (Å²) in [4.78, 5) is 25.5. The molecule has 0 saturated carbocycles. The number of hydrogen-bond acceptors (Lipinski definition) is 5. The van der Waals surface area contributed by atoms with Gasteiger partial charge >= 0.3 is 6.03 Å². The molecule has 0 unspecified atom stereocenters. The van der Waals surface area contributed by atoms with E-state index in [1.807, 2.05) is 28.8 Å². The van der Waals surface area contributed by atoms with Crippen LogP contribution in [-0.2, 0) is 11.3 Å². The minimum Gasteiger partial charge on any atom is -0.336 e. The summed E-state index contributed by atoms with van der Waals surface area (Å²) in [6, 6.07) is 7.09. The highest BCUT2D eigenvalue weighted by Crippen LogP contribution is 2.28. The van der Waals surface area contributed by atoms with E-state index in [0.717, 1.165) is 24.4 Å². The fourth-order valence-corrected chi connectivity index (χ4v) is 3.79. The molecular weight excluding hydrogens is 374 g/mol. The minimum absolute atomic E-state index is 0.218. The molecule has 3 rings (SSSR count). The lowest BCUT2D eigenvalue weighted by atomic mass is 10.2. The molecule has 0 spiro atoms. The molecule has 0 radical (unpaired) electrons. The van der Waals surface area contributed by atoms with Crippen molar-refractivity contribution in [1.82, 2.24) is 25.0 Å². The SMILES string of the molecule is CCCn1c(S[C@@H](C)C(=O)N2CCNC2=O)nnc1-c1ccc(Cl)cc1. The van der Waals surface area contributed by atoms with Gasteiger partial charge in [0, 0.05) is 30.2 Å². The van der Waals surface area contributed by atoms with Gasteiger partial charge in [-0.2, -0.15) is 0 Å². The number of thioether (sulfide) groups is 1. The Morgan fingerprint density at radius 3 is 2.69 bits per heavy atom.